The summed E-state index contributed by atoms with van der Waals surface area (Å²) in [4.78, 5) is 29.2. The summed E-state index contributed by atoms with van der Waals surface area (Å²) < 4.78 is 27.8. The largest absolute Gasteiger partial charge is 0.330 e. The second kappa shape index (κ2) is 10.7. The predicted octanol–water partition coefficient (Wildman–Crippen LogP) is 3.88. The quantitative estimate of drug-likeness (QED) is 0.305. The molecule has 0 radical (unpaired) electrons. The van der Waals surface area contributed by atoms with E-state index in [0.717, 1.165) is 12.1 Å². The lowest BCUT2D eigenvalue weighted by Crippen LogP contribution is -2.34. The molecule has 0 aliphatic carbocycles. The molecule has 4 rings (SSSR count). The second-order valence-corrected chi connectivity index (χ2v) is 7.68. The van der Waals surface area contributed by atoms with Gasteiger partial charge in [0.15, 0.2) is 5.82 Å². The molecule has 0 aliphatic heterocycles. The standard InChI is InChI=1S/C22H17ClF2N8O2/c23-13-4-7-19(26-11-13)29-21(34)12-2-1-3-15(8-12)27-22(35)28-18(10-20-30-32-33-31-20)16-6-5-14(24)9-17(16)25/h1-9,11,18H,10H2,(H,26,29,34)(H2,27,28,35)(H,30,31,32,33). The Morgan fingerprint density at radius 1 is 1.06 bits per heavy atom. The van der Waals surface area contributed by atoms with Gasteiger partial charge in [-0.05, 0) is 36.4 Å². The number of aromatic nitrogens is 5. The SMILES string of the molecule is O=C(Nc1cccc(C(=O)Nc2ccc(Cl)cn2)c1)NC(Cc1nn[nH]n1)c1ccc(F)cc1F. The summed E-state index contributed by atoms with van der Waals surface area (Å²) in [5.41, 5.74) is 0.597. The summed E-state index contributed by atoms with van der Waals surface area (Å²) in [5.74, 6) is -1.52. The molecular formula is C22H17ClF2N8O2. The lowest BCUT2D eigenvalue weighted by molar-refractivity contribution is 0.102. The van der Waals surface area contributed by atoms with Gasteiger partial charge in [-0.25, -0.2) is 18.6 Å². The molecule has 2 aromatic heterocycles. The first kappa shape index (κ1) is 23.7. The van der Waals surface area contributed by atoms with Gasteiger partial charge in [0, 0.05) is 35.5 Å². The Kier molecular flexibility index (Phi) is 7.21. The lowest BCUT2D eigenvalue weighted by atomic mass is 10.0. The van der Waals surface area contributed by atoms with Crippen LogP contribution in [0, 0.1) is 11.6 Å². The molecule has 4 N–H and O–H groups in total. The van der Waals surface area contributed by atoms with Gasteiger partial charge in [-0.3, -0.25) is 4.79 Å². The highest BCUT2D eigenvalue weighted by Gasteiger charge is 2.21. The van der Waals surface area contributed by atoms with Gasteiger partial charge in [-0.1, -0.05) is 28.9 Å². The van der Waals surface area contributed by atoms with Gasteiger partial charge in [0.25, 0.3) is 5.91 Å². The summed E-state index contributed by atoms with van der Waals surface area (Å²) in [5, 5.41) is 21.6. The zero-order chi connectivity index (χ0) is 24.8. The number of H-pyrrole nitrogens is 1. The van der Waals surface area contributed by atoms with E-state index < -0.39 is 29.6 Å². The van der Waals surface area contributed by atoms with Crippen LogP contribution in [0.1, 0.15) is 27.8 Å². The zero-order valence-corrected chi connectivity index (χ0v) is 18.6. The Bertz CT molecular complexity index is 1340. The van der Waals surface area contributed by atoms with Crippen molar-refractivity contribution in [1.29, 1.82) is 0 Å². The van der Waals surface area contributed by atoms with Crippen LogP contribution < -0.4 is 16.0 Å². The summed E-state index contributed by atoms with van der Waals surface area (Å²) >= 11 is 5.79. The number of nitrogens with one attached hydrogen (secondary N) is 4. The van der Waals surface area contributed by atoms with Gasteiger partial charge in [-0.15, -0.1) is 10.2 Å². The molecule has 0 spiro atoms. The van der Waals surface area contributed by atoms with Crippen LogP contribution in [0.5, 0.6) is 0 Å². The number of carbonyl (C=O) groups is 2. The van der Waals surface area contributed by atoms with Crippen LogP contribution in [0.2, 0.25) is 5.02 Å². The number of hydrogen-bond acceptors (Lipinski definition) is 6. The van der Waals surface area contributed by atoms with Crippen LogP contribution in [0.3, 0.4) is 0 Å². The Balaban J connectivity index is 1.46. The van der Waals surface area contributed by atoms with E-state index >= 15 is 0 Å². The van der Waals surface area contributed by atoms with Crippen molar-refractivity contribution in [3.63, 3.8) is 0 Å². The van der Waals surface area contributed by atoms with Crippen LogP contribution in [0.15, 0.2) is 60.8 Å². The van der Waals surface area contributed by atoms with E-state index in [-0.39, 0.29) is 23.4 Å². The molecule has 1 atom stereocenters. The van der Waals surface area contributed by atoms with Crippen LogP contribution in [-0.2, 0) is 6.42 Å². The molecule has 0 saturated carbocycles. The molecule has 1 unspecified atom stereocenters. The number of urea groups is 1. The minimum atomic E-state index is -0.935. The number of amides is 3. The number of anilines is 2. The fourth-order valence-electron chi connectivity index (χ4n) is 3.18. The average molecular weight is 499 g/mol. The molecule has 0 saturated heterocycles. The molecular weight excluding hydrogens is 482 g/mol. The van der Waals surface area contributed by atoms with Gasteiger partial charge < -0.3 is 16.0 Å². The highest BCUT2D eigenvalue weighted by molar-refractivity contribution is 6.30. The molecule has 35 heavy (non-hydrogen) atoms. The molecule has 2 aromatic carbocycles. The van der Waals surface area contributed by atoms with Gasteiger partial charge in [0.05, 0.1) is 11.1 Å². The van der Waals surface area contributed by atoms with Crippen LogP contribution in [0.4, 0.5) is 25.1 Å². The predicted molar refractivity (Wildman–Crippen MR) is 123 cm³/mol. The Labute approximate surface area is 202 Å². The van der Waals surface area contributed by atoms with E-state index in [1.807, 2.05) is 0 Å². The van der Waals surface area contributed by atoms with E-state index in [4.69, 9.17) is 11.6 Å². The van der Waals surface area contributed by atoms with Crippen LogP contribution >= 0.6 is 11.6 Å². The number of carbonyl (C=O) groups excluding carboxylic acids is 2. The average Bonchev–Trinajstić information content (AvgIpc) is 3.33. The smallest absolute Gasteiger partial charge is 0.319 e. The van der Waals surface area contributed by atoms with Crippen molar-refractivity contribution in [2.75, 3.05) is 10.6 Å². The van der Waals surface area contributed by atoms with Crippen molar-refractivity contribution < 1.29 is 18.4 Å². The Morgan fingerprint density at radius 2 is 1.91 bits per heavy atom. The highest BCUT2D eigenvalue weighted by Crippen LogP contribution is 2.22. The van der Waals surface area contributed by atoms with Crippen molar-refractivity contribution in [3.05, 3.63) is 94.4 Å². The summed E-state index contributed by atoms with van der Waals surface area (Å²) in [7, 11) is 0. The summed E-state index contributed by atoms with van der Waals surface area (Å²) in [6.07, 6.45) is 1.39. The second-order valence-electron chi connectivity index (χ2n) is 7.25. The number of halogens is 3. The number of rotatable bonds is 7. The molecule has 3 amide bonds. The fraction of sp³-hybridized carbons (Fsp3) is 0.0909. The summed E-state index contributed by atoms with van der Waals surface area (Å²) in [6.45, 7) is 0. The van der Waals surface area contributed by atoms with E-state index in [9.17, 15) is 18.4 Å². The van der Waals surface area contributed by atoms with Crippen molar-refractivity contribution in [1.82, 2.24) is 30.9 Å². The normalized spacial score (nSPS) is 11.5. The topological polar surface area (TPSA) is 138 Å². The van der Waals surface area contributed by atoms with E-state index in [1.54, 1.807) is 30.3 Å². The highest BCUT2D eigenvalue weighted by atomic mass is 35.5. The molecule has 0 aliphatic rings. The number of nitrogens with zero attached hydrogens (tertiary/aromatic N) is 4. The zero-order valence-electron chi connectivity index (χ0n) is 17.8. The van der Waals surface area contributed by atoms with Gasteiger partial charge >= 0.3 is 6.03 Å². The maximum atomic E-state index is 14.4. The first-order valence-corrected chi connectivity index (χ1v) is 10.5. The lowest BCUT2D eigenvalue weighted by Gasteiger charge is -2.19. The Morgan fingerprint density at radius 3 is 2.63 bits per heavy atom. The third-order valence-electron chi connectivity index (χ3n) is 4.77. The van der Waals surface area contributed by atoms with Crippen molar-refractivity contribution in [3.8, 4) is 0 Å². The first-order valence-electron chi connectivity index (χ1n) is 10.1. The van der Waals surface area contributed by atoms with Crippen LogP contribution in [0.25, 0.3) is 0 Å². The van der Waals surface area contributed by atoms with Gasteiger partial charge in [0.1, 0.15) is 17.5 Å². The summed E-state index contributed by atoms with van der Waals surface area (Å²) in [6, 6.07) is 10.7. The maximum absolute atomic E-state index is 14.4. The first-order chi connectivity index (χ1) is 16.9. The molecule has 0 bridgehead atoms. The van der Waals surface area contributed by atoms with E-state index in [2.05, 4.69) is 41.6 Å². The minimum absolute atomic E-state index is 0.0109. The monoisotopic (exact) mass is 498 g/mol. The van der Waals surface area contributed by atoms with E-state index in [0.29, 0.717) is 16.5 Å². The number of aromatic amines is 1. The number of benzene rings is 2. The molecule has 0 fully saturated rings. The van der Waals surface area contributed by atoms with Crippen LogP contribution in [-0.4, -0.2) is 37.5 Å². The van der Waals surface area contributed by atoms with Crippen molar-refractivity contribution >= 4 is 35.0 Å². The maximum Gasteiger partial charge on any atom is 0.319 e. The van der Waals surface area contributed by atoms with Crippen molar-refractivity contribution in [2.45, 2.75) is 12.5 Å². The third kappa shape index (κ3) is 6.32. The number of tetrazole rings is 1. The minimum Gasteiger partial charge on any atom is -0.330 e. The molecule has 4 aromatic rings. The van der Waals surface area contributed by atoms with Crippen molar-refractivity contribution in [2.24, 2.45) is 0 Å². The van der Waals surface area contributed by atoms with Gasteiger partial charge in [-0.2, -0.15) is 5.21 Å². The number of pyridine rings is 1. The number of hydrogen-bond donors (Lipinski definition) is 4. The molecule has 10 nitrogen and oxygen atoms in total. The fourth-order valence-corrected chi connectivity index (χ4v) is 3.29. The molecule has 178 valence electrons. The Hall–Kier alpha value is -4.45. The third-order valence-corrected chi connectivity index (χ3v) is 4.99. The molecule has 2 heterocycles. The molecule has 13 heteroatoms. The van der Waals surface area contributed by atoms with Gasteiger partial charge in [0.2, 0.25) is 0 Å². The van der Waals surface area contributed by atoms with E-state index in [1.165, 1.54) is 18.3 Å².